The molecule has 0 radical (unpaired) electrons. The minimum atomic E-state index is -0.453. The lowest BCUT2D eigenvalue weighted by Crippen LogP contribution is -2.49. The Balaban J connectivity index is 1.60. The largest absolute Gasteiger partial charge is 0.465 e. The summed E-state index contributed by atoms with van der Waals surface area (Å²) in [5, 5.41) is 0. The predicted octanol–water partition coefficient (Wildman–Crippen LogP) is 1.65. The maximum Gasteiger partial charge on any atom is 0.339 e. The van der Waals surface area contributed by atoms with E-state index in [1.54, 1.807) is 30.9 Å². The Morgan fingerprint density at radius 1 is 1.19 bits per heavy atom. The third kappa shape index (κ3) is 3.80. The number of aromatic amines is 1. The number of amides is 1. The number of aromatic nitrogens is 1. The van der Waals surface area contributed by atoms with Gasteiger partial charge in [-0.05, 0) is 31.5 Å². The first kappa shape index (κ1) is 18.9. The minimum absolute atomic E-state index is 0.0865. The molecule has 1 fully saturated rings. The number of hydrogen-bond donors (Lipinski definition) is 1. The van der Waals surface area contributed by atoms with Crippen LogP contribution in [0.1, 0.15) is 42.7 Å². The standard InChI is InChI=1S/C19H23N3O5/c1-12-16(19(25)26-3)13(2)20-17(12)14(23)11-21-6-8-22(9-7-21)18(24)15-5-4-10-27-15/h4-5,10,20H,6-9,11H2,1-3H3. The van der Waals surface area contributed by atoms with Crippen molar-refractivity contribution in [1.82, 2.24) is 14.8 Å². The number of carbonyl (C=O) groups excluding carboxylic acids is 3. The van der Waals surface area contributed by atoms with Crippen molar-refractivity contribution in [1.29, 1.82) is 0 Å². The number of nitrogens with zero attached hydrogens (tertiary/aromatic N) is 2. The number of H-pyrrole nitrogens is 1. The lowest BCUT2D eigenvalue weighted by atomic mass is 10.1. The summed E-state index contributed by atoms with van der Waals surface area (Å²) >= 11 is 0. The second kappa shape index (κ2) is 7.79. The third-order valence-electron chi connectivity index (χ3n) is 4.86. The van der Waals surface area contributed by atoms with Crippen molar-refractivity contribution >= 4 is 17.7 Å². The number of aryl methyl sites for hydroxylation is 1. The van der Waals surface area contributed by atoms with Gasteiger partial charge in [-0.3, -0.25) is 14.5 Å². The lowest BCUT2D eigenvalue weighted by molar-refractivity contribution is 0.0589. The number of methoxy groups -OCH3 is 1. The summed E-state index contributed by atoms with van der Waals surface area (Å²) in [7, 11) is 1.32. The molecule has 27 heavy (non-hydrogen) atoms. The number of nitrogens with one attached hydrogen (secondary N) is 1. The van der Waals surface area contributed by atoms with Crippen LogP contribution in [0.15, 0.2) is 22.8 Å². The average Bonchev–Trinajstić information content (AvgIpc) is 3.29. The normalized spacial score (nSPS) is 15.0. The zero-order chi connectivity index (χ0) is 19.6. The molecule has 0 atom stereocenters. The number of hydrogen-bond acceptors (Lipinski definition) is 6. The van der Waals surface area contributed by atoms with Crippen LogP contribution in [0, 0.1) is 13.8 Å². The van der Waals surface area contributed by atoms with Crippen molar-refractivity contribution in [3.63, 3.8) is 0 Å². The molecule has 3 rings (SSSR count). The van der Waals surface area contributed by atoms with Gasteiger partial charge in [-0.2, -0.15) is 0 Å². The van der Waals surface area contributed by atoms with Crippen molar-refractivity contribution in [3.05, 3.63) is 46.7 Å². The number of ketones is 1. The van der Waals surface area contributed by atoms with E-state index in [9.17, 15) is 14.4 Å². The quantitative estimate of drug-likeness (QED) is 0.632. The number of rotatable bonds is 5. The highest BCUT2D eigenvalue weighted by atomic mass is 16.5. The molecule has 8 nitrogen and oxygen atoms in total. The van der Waals surface area contributed by atoms with E-state index in [-0.39, 0.29) is 18.2 Å². The number of esters is 1. The molecule has 2 aromatic rings. The molecule has 144 valence electrons. The Morgan fingerprint density at radius 2 is 1.89 bits per heavy atom. The van der Waals surface area contributed by atoms with Gasteiger partial charge in [-0.25, -0.2) is 4.79 Å². The topological polar surface area (TPSA) is 95.9 Å². The highest BCUT2D eigenvalue weighted by molar-refractivity contribution is 6.02. The number of furan rings is 1. The molecule has 1 amide bonds. The number of Topliss-reactive ketones (excluding diaryl/α,β-unsaturated/α-hetero) is 1. The van der Waals surface area contributed by atoms with E-state index in [2.05, 4.69) is 4.98 Å². The molecule has 3 heterocycles. The van der Waals surface area contributed by atoms with Gasteiger partial charge >= 0.3 is 5.97 Å². The molecule has 1 aliphatic rings. The molecular weight excluding hydrogens is 350 g/mol. The summed E-state index contributed by atoms with van der Waals surface area (Å²) in [6, 6.07) is 3.33. The SMILES string of the molecule is COC(=O)c1c(C)[nH]c(C(=O)CN2CCN(C(=O)c3ccco3)CC2)c1C. The Labute approximate surface area is 157 Å². The van der Waals surface area contributed by atoms with Crippen LogP contribution in [0.5, 0.6) is 0 Å². The third-order valence-corrected chi connectivity index (χ3v) is 4.86. The van der Waals surface area contributed by atoms with Gasteiger partial charge in [0.15, 0.2) is 11.5 Å². The number of piperazine rings is 1. The molecule has 1 aliphatic heterocycles. The smallest absolute Gasteiger partial charge is 0.339 e. The maximum absolute atomic E-state index is 12.7. The summed E-state index contributed by atoms with van der Waals surface area (Å²) in [4.78, 5) is 43.6. The van der Waals surface area contributed by atoms with Crippen LogP contribution in [0.4, 0.5) is 0 Å². The average molecular weight is 373 g/mol. The molecule has 0 aromatic carbocycles. The highest BCUT2D eigenvalue weighted by Crippen LogP contribution is 2.20. The van der Waals surface area contributed by atoms with E-state index in [0.717, 1.165) is 0 Å². The fraction of sp³-hybridized carbons (Fsp3) is 0.421. The Hall–Kier alpha value is -2.87. The second-order valence-electron chi connectivity index (χ2n) is 6.59. The molecule has 1 saturated heterocycles. The molecule has 1 N–H and O–H groups in total. The predicted molar refractivity (Wildman–Crippen MR) is 97.0 cm³/mol. The lowest BCUT2D eigenvalue weighted by Gasteiger charge is -2.33. The summed E-state index contributed by atoms with van der Waals surface area (Å²) in [5.41, 5.74) is 2.07. The maximum atomic E-state index is 12.7. The number of ether oxygens (including phenoxy) is 1. The van der Waals surface area contributed by atoms with Crippen LogP contribution in [-0.4, -0.2) is 72.3 Å². The first-order valence-corrected chi connectivity index (χ1v) is 8.78. The number of carbonyl (C=O) groups is 3. The van der Waals surface area contributed by atoms with Gasteiger partial charge in [0.05, 0.1) is 31.2 Å². The Morgan fingerprint density at radius 3 is 2.48 bits per heavy atom. The summed E-state index contributed by atoms with van der Waals surface area (Å²) in [5.74, 6) is -0.348. The zero-order valence-corrected chi connectivity index (χ0v) is 15.7. The first-order chi connectivity index (χ1) is 12.9. The van der Waals surface area contributed by atoms with Gasteiger partial charge < -0.3 is 19.0 Å². The van der Waals surface area contributed by atoms with Crippen LogP contribution in [0.25, 0.3) is 0 Å². The van der Waals surface area contributed by atoms with Crippen molar-refractivity contribution < 1.29 is 23.5 Å². The summed E-state index contributed by atoms with van der Waals surface area (Å²) in [6.07, 6.45) is 1.48. The van der Waals surface area contributed by atoms with Crippen LogP contribution in [-0.2, 0) is 4.74 Å². The summed E-state index contributed by atoms with van der Waals surface area (Å²) < 4.78 is 9.93. The minimum Gasteiger partial charge on any atom is -0.465 e. The van der Waals surface area contributed by atoms with E-state index in [1.165, 1.54) is 13.4 Å². The van der Waals surface area contributed by atoms with Gasteiger partial charge in [0, 0.05) is 31.9 Å². The second-order valence-corrected chi connectivity index (χ2v) is 6.59. The Bertz CT molecular complexity index is 845. The summed E-state index contributed by atoms with van der Waals surface area (Å²) in [6.45, 7) is 5.97. The monoisotopic (exact) mass is 373 g/mol. The fourth-order valence-electron chi connectivity index (χ4n) is 3.38. The van der Waals surface area contributed by atoms with Gasteiger partial charge in [-0.15, -0.1) is 0 Å². The van der Waals surface area contributed by atoms with E-state index >= 15 is 0 Å². The first-order valence-electron chi connectivity index (χ1n) is 8.78. The van der Waals surface area contributed by atoms with Crippen molar-refractivity contribution in [2.24, 2.45) is 0 Å². The highest BCUT2D eigenvalue weighted by Gasteiger charge is 2.27. The molecule has 0 aliphatic carbocycles. The molecular formula is C19H23N3O5. The van der Waals surface area contributed by atoms with E-state index < -0.39 is 5.97 Å². The van der Waals surface area contributed by atoms with Gasteiger partial charge in [0.2, 0.25) is 0 Å². The molecule has 8 heteroatoms. The van der Waals surface area contributed by atoms with Crippen molar-refractivity contribution in [3.8, 4) is 0 Å². The van der Waals surface area contributed by atoms with Crippen LogP contribution >= 0.6 is 0 Å². The molecule has 0 spiro atoms. The van der Waals surface area contributed by atoms with E-state index in [1.807, 2.05) is 4.90 Å². The van der Waals surface area contributed by atoms with Crippen molar-refractivity contribution in [2.75, 3.05) is 39.8 Å². The van der Waals surface area contributed by atoms with Crippen LogP contribution in [0.3, 0.4) is 0 Å². The van der Waals surface area contributed by atoms with E-state index in [0.29, 0.717) is 54.5 Å². The fourth-order valence-corrected chi connectivity index (χ4v) is 3.38. The Kier molecular flexibility index (Phi) is 5.46. The van der Waals surface area contributed by atoms with Crippen molar-refractivity contribution in [2.45, 2.75) is 13.8 Å². The van der Waals surface area contributed by atoms with E-state index in [4.69, 9.17) is 9.15 Å². The molecule has 0 bridgehead atoms. The molecule has 0 unspecified atom stereocenters. The van der Waals surface area contributed by atoms with Crippen LogP contribution in [0.2, 0.25) is 0 Å². The molecule has 2 aromatic heterocycles. The van der Waals surface area contributed by atoms with Gasteiger partial charge in [-0.1, -0.05) is 0 Å². The zero-order valence-electron chi connectivity index (χ0n) is 15.7. The van der Waals surface area contributed by atoms with Gasteiger partial charge in [0.25, 0.3) is 5.91 Å². The molecule has 0 saturated carbocycles. The van der Waals surface area contributed by atoms with Crippen LogP contribution < -0.4 is 0 Å². The van der Waals surface area contributed by atoms with Gasteiger partial charge in [0.1, 0.15) is 0 Å².